The van der Waals surface area contributed by atoms with Gasteiger partial charge in [-0.05, 0) is 31.4 Å². The maximum absolute atomic E-state index is 12.0. The highest BCUT2D eigenvalue weighted by Gasteiger charge is 2.28. The largest absolute Gasteiger partial charge is 0.356 e. The fourth-order valence-corrected chi connectivity index (χ4v) is 2.77. The first-order valence-corrected chi connectivity index (χ1v) is 7.60. The molecule has 1 unspecified atom stereocenters. The highest BCUT2D eigenvalue weighted by molar-refractivity contribution is 5.99. The molecule has 1 aromatic carbocycles. The number of nitrogens with zero attached hydrogens (tertiary/aromatic N) is 2. The first kappa shape index (κ1) is 15.5. The minimum atomic E-state index is 0.124. The molecule has 2 rings (SSSR count). The summed E-state index contributed by atoms with van der Waals surface area (Å²) < 4.78 is 0. The van der Waals surface area contributed by atoms with Gasteiger partial charge in [0.2, 0.25) is 0 Å². The zero-order chi connectivity index (χ0) is 15.4. The molecular formula is C18H24N2O. The fraction of sp³-hybridized carbons (Fsp3) is 0.444. The van der Waals surface area contributed by atoms with Gasteiger partial charge in [-0.25, -0.2) is 4.99 Å². The average molecular weight is 284 g/mol. The van der Waals surface area contributed by atoms with E-state index in [9.17, 15) is 4.79 Å². The fourth-order valence-electron chi connectivity index (χ4n) is 2.77. The summed E-state index contributed by atoms with van der Waals surface area (Å²) in [6.45, 7) is 5.80. The van der Waals surface area contributed by atoms with Gasteiger partial charge in [-0.3, -0.25) is 4.79 Å². The Morgan fingerprint density at radius 2 is 1.95 bits per heavy atom. The number of hydrogen-bond donors (Lipinski definition) is 0. The number of carbonyl (C=O) groups is 1. The molecular weight excluding hydrogens is 260 g/mol. The molecule has 0 aromatic heterocycles. The number of benzene rings is 1. The maximum Gasteiger partial charge on any atom is 0.180 e. The van der Waals surface area contributed by atoms with Gasteiger partial charge in [0, 0.05) is 19.9 Å². The molecule has 1 heterocycles. The second-order valence-electron chi connectivity index (χ2n) is 5.73. The summed E-state index contributed by atoms with van der Waals surface area (Å²) in [5.74, 6) is 1.14. The second kappa shape index (κ2) is 6.70. The third kappa shape index (κ3) is 3.41. The number of allylic oxidation sites excluding steroid dienone is 2. The Kier molecular flexibility index (Phi) is 4.94. The molecule has 1 atom stereocenters. The number of amidine groups is 1. The molecule has 0 aliphatic carbocycles. The van der Waals surface area contributed by atoms with Crippen molar-refractivity contribution >= 4 is 11.6 Å². The molecule has 0 N–H and O–H groups in total. The number of likely N-dealkylation sites (tertiary alicyclic amines) is 1. The lowest BCUT2D eigenvalue weighted by molar-refractivity contribution is -0.115. The van der Waals surface area contributed by atoms with Gasteiger partial charge in [-0.15, -0.1) is 0 Å². The van der Waals surface area contributed by atoms with Gasteiger partial charge in [0.25, 0.3) is 0 Å². The average Bonchev–Trinajstić information content (AvgIpc) is 2.85. The van der Waals surface area contributed by atoms with Crippen LogP contribution in [0.1, 0.15) is 51.6 Å². The molecule has 1 aliphatic heterocycles. The maximum atomic E-state index is 12.0. The van der Waals surface area contributed by atoms with Crippen LogP contribution in [-0.2, 0) is 4.79 Å². The highest BCUT2D eigenvalue weighted by Crippen LogP contribution is 2.32. The summed E-state index contributed by atoms with van der Waals surface area (Å²) in [5.41, 5.74) is 2.93. The van der Waals surface area contributed by atoms with Gasteiger partial charge in [-0.2, -0.15) is 0 Å². The van der Waals surface area contributed by atoms with Crippen LogP contribution in [0.5, 0.6) is 0 Å². The second-order valence-corrected chi connectivity index (χ2v) is 5.73. The Morgan fingerprint density at radius 1 is 1.29 bits per heavy atom. The van der Waals surface area contributed by atoms with Crippen molar-refractivity contribution in [3.63, 3.8) is 0 Å². The standard InChI is InChI=1S/C18H24N2O/c1-5-16(21)18(13(2)3)19-17-12-11-15(20(17)4)14-9-7-6-8-10-14/h6-10,15H,5,11-12H2,1-4H3. The van der Waals surface area contributed by atoms with Crippen molar-refractivity contribution in [1.29, 1.82) is 0 Å². The smallest absolute Gasteiger partial charge is 0.180 e. The molecule has 3 heteroatoms. The SMILES string of the molecule is CCC(=O)C(N=C1CCC(c2ccccc2)N1C)=C(C)C. The van der Waals surface area contributed by atoms with Crippen molar-refractivity contribution in [3.8, 4) is 0 Å². The number of carbonyl (C=O) groups excluding carboxylic acids is 1. The van der Waals surface area contributed by atoms with Crippen molar-refractivity contribution < 1.29 is 4.79 Å². The van der Waals surface area contributed by atoms with Crippen molar-refractivity contribution in [3.05, 3.63) is 47.2 Å². The molecule has 1 aromatic rings. The van der Waals surface area contributed by atoms with Crippen LogP contribution >= 0.6 is 0 Å². The Balaban J connectivity index is 2.25. The van der Waals surface area contributed by atoms with E-state index in [-0.39, 0.29) is 5.78 Å². The van der Waals surface area contributed by atoms with Crippen LogP contribution in [0.2, 0.25) is 0 Å². The summed E-state index contributed by atoms with van der Waals surface area (Å²) in [7, 11) is 2.07. The monoisotopic (exact) mass is 284 g/mol. The first-order valence-electron chi connectivity index (χ1n) is 7.60. The molecule has 1 saturated heterocycles. The zero-order valence-electron chi connectivity index (χ0n) is 13.4. The first-order chi connectivity index (χ1) is 10.0. The van der Waals surface area contributed by atoms with Crippen LogP contribution in [0.4, 0.5) is 0 Å². The summed E-state index contributed by atoms with van der Waals surface area (Å²) in [6.07, 6.45) is 2.47. The number of ketones is 1. The van der Waals surface area contributed by atoms with E-state index in [0.29, 0.717) is 18.2 Å². The molecule has 0 radical (unpaired) electrons. The minimum Gasteiger partial charge on any atom is -0.356 e. The molecule has 0 saturated carbocycles. The lowest BCUT2D eigenvalue weighted by atomic mass is 10.1. The number of aliphatic imine (C=N–C) groups is 1. The Hall–Kier alpha value is -1.90. The predicted molar refractivity (Wildman–Crippen MR) is 87.3 cm³/mol. The number of rotatable bonds is 4. The molecule has 0 spiro atoms. The van der Waals surface area contributed by atoms with E-state index >= 15 is 0 Å². The Morgan fingerprint density at radius 3 is 2.52 bits per heavy atom. The van der Waals surface area contributed by atoms with Crippen molar-refractivity contribution in [2.24, 2.45) is 4.99 Å². The van der Waals surface area contributed by atoms with Crippen LogP contribution in [-0.4, -0.2) is 23.6 Å². The van der Waals surface area contributed by atoms with E-state index in [2.05, 4.69) is 41.2 Å². The summed E-state index contributed by atoms with van der Waals surface area (Å²) in [4.78, 5) is 18.9. The van der Waals surface area contributed by atoms with Gasteiger partial charge < -0.3 is 4.90 Å². The number of Topliss-reactive ketones (excluding diaryl/α,β-unsaturated/α-hetero) is 1. The molecule has 3 nitrogen and oxygen atoms in total. The van der Waals surface area contributed by atoms with Crippen LogP contribution in [0.3, 0.4) is 0 Å². The van der Waals surface area contributed by atoms with Crippen molar-refractivity contribution in [2.45, 2.75) is 46.1 Å². The molecule has 21 heavy (non-hydrogen) atoms. The van der Waals surface area contributed by atoms with E-state index in [1.165, 1.54) is 5.56 Å². The highest BCUT2D eigenvalue weighted by atomic mass is 16.1. The van der Waals surface area contributed by atoms with Gasteiger partial charge >= 0.3 is 0 Å². The molecule has 1 fully saturated rings. The van der Waals surface area contributed by atoms with Crippen LogP contribution < -0.4 is 0 Å². The van der Waals surface area contributed by atoms with Crippen LogP contribution in [0.15, 0.2) is 46.6 Å². The zero-order valence-corrected chi connectivity index (χ0v) is 13.4. The molecule has 112 valence electrons. The van der Waals surface area contributed by atoms with Crippen LogP contribution in [0.25, 0.3) is 0 Å². The van der Waals surface area contributed by atoms with Gasteiger partial charge in [0.1, 0.15) is 11.5 Å². The van der Waals surface area contributed by atoms with Crippen molar-refractivity contribution in [2.75, 3.05) is 7.05 Å². The summed E-state index contributed by atoms with van der Waals surface area (Å²) in [5, 5.41) is 0. The van der Waals surface area contributed by atoms with Gasteiger partial charge in [-0.1, -0.05) is 37.3 Å². The Bertz CT molecular complexity index is 568. The Labute approximate surface area is 127 Å². The third-order valence-electron chi connectivity index (χ3n) is 4.00. The normalized spacial score (nSPS) is 19.9. The summed E-state index contributed by atoms with van der Waals surface area (Å²) in [6, 6.07) is 10.8. The van der Waals surface area contributed by atoms with Crippen LogP contribution in [0, 0.1) is 0 Å². The molecule has 0 amide bonds. The van der Waals surface area contributed by atoms with Gasteiger partial charge in [0.15, 0.2) is 5.78 Å². The van der Waals surface area contributed by atoms with E-state index in [0.717, 1.165) is 24.3 Å². The van der Waals surface area contributed by atoms with E-state index in [1.807, 2.05) is 26.8 Å². The van der Waals surface area contributed by atoms with E-state index in [1.54, 1.807) is 0 Å². The topological polar surface area (TPSA) is 32.7 Å². The third-order valence-corrected chi connectivity index (χ3v) is 4.00. The van der Waals surface area contributed by atoms with E-state index < -0.39 is 0 Å². The van der Waals surface area contributed by atoms with E-state index in [4.69, 9.17) is 0 Å². The lowest BCUT2D eigenvalue weighted by Crippen LogP contribution is -2.23. The molecule has 1 aliphatic rings. The van der Waals surface area contributed by atoms with Gasteiger partial charge in [0.05, 0.1) is 6.04 Å². The lowest BCUT2D eigenvalue weighted by Gasteiger charge is -2.22. The quantitative estimate of drug-likeness (QED) is 0.779. The predicted octanol–water partition coefficient (Wildman–Crippen LogP) is 4.12. The molecule has 0 bridgehead atoms. The number of hydrogen-bond acceptors (Lipinski definition) is 2. The minimum absolute atomic E-state index is 0.124. The van der Waals surface area contributed by atoms with Crippen molar-refractivity contribution in [1.82, 2.24) is 4.90 Å². The summed E-state index contributed by atoms with van der Waals surface area (Å²) >= 11 is 0.